The number of nitro groups is 1. The first kappa shape index (κ1) is 15.9. The first-order valence-electron chi connectivity index (χ1n) is 6.87. The summed E-state index contributed by atoms with van der Waals surface area (Å²) in [5, 5.41) is 11.2. The lowest BCUT2D eigenvalue weighted by atomic mass is 9.98. The van der Waals surface area contributed by atoms with Gasteiger partial charge >= 0.3 is 6.29 Å². The highest BCUT2D eigenvalue weighted by atomic mass is 19.3. The minimum Gasteiger partial charge on any atom is -0.395 e. The summed E-state index contributed by atoms with van der Waals surface area (Å²) in [7, 11) is 0. The van der Waals surface area contributed by atoms with Crippen LogP contribution < -0.4 is 9.47 Å². The van der Waals surface area contributed by atoms with E-state index in [0.717, 1.165) is 23.3 Å². The summed E-state index contributed by atoms with van der Waals surface area (Å²) in [4.78, 5) is 23.0. The van der Waals surface area contributed by atoms with Crippen LogP contribution in [0.15, 0.2) is 30.3 Å². The second-order valence-electron chi connectivity index (χ2n) is 5.45. The molecule has 0 fully saturated rings. The number of ether oxygens (including phenoxy) is 2. The van der Waals surface area contributed by atoms with Crippen LogP contribution in [0.5, 0.6) is 11.5 Å². The number of carbonyl (C=O) groups is 1. The fraction of sp³-hybridized carbons (Fsp3) is 0.188. The van der Waals surface area contributed by atoms with Gasteiger partial charge in [-0.05, 0) is 26.0 Å². The Labute approximate surface area is 134 Å². The molecule has 0 unspecified atom stereocenters. The molecule has 0 amide bonds. The van der Waals surface area contributed by atoms with Crippen molar-refractivity contribution < 1.29 is 28.0 Å². The van der Waals surface area contributed by atoms with E-state index >= 15 is 0 Å². The molecule has 0 spiro atoms. The molecule has 0 bridgehead atoms. The Morgan fingerprint density at radius 1 is 1.04 bits per heavy atom. The zero-order chi connectivity index (χ0) is 17.6. The average molecular weight is 335 g/mol. The predicted octanol–water partition coefficient (Wildman–Crippen LogP) is 3.76. The Hall–Kier alpha value is -3.03. The lowest BCUT2D eigenvalue weighted by Crippen LogP contribution is -2.25. The fourth-order valence-electron chi connectivity index (χ4n) is 2.58. The number of halogens is 2. The van der Waals surface area contributed by atoms with E-state index in [1.54, 1.807) is 26.0 Å². The average Bonchev–Trinajstić information content (AvgIpc) is 2.76. The summed E-state index contributed by atoms with van der Waals surface area (Å²) in [6, 6.07) is 6.66. The van der Waals surface area contributed by atoms with Crippen molar-refractivity contribution in [2.24, 2.45) is 0 Å². The molecule has 0 saturated carbocycles. The number of hydrogen-bond acceptors (Lipinski definition) is 5. The van der Waals surface area contributed by atoms with E-state index in [-0.39, 0.29) is 11.1 Å². The van der Waals surface area contributed by atoms with Crippen molar-refractivity contribution in [1.82, 2.24) is 0 Å². The Morgan fingerprint density at radius 3 is 2.12 bits per heavy atom. The molecule has 6 nitrogen and oxygen atoms in total. The quantitative estimate of drug-likeness (QED) is 0.485. The second kappa shape index (κ2) is 5.26. The standard InChI is InChI=1S/C16H11F2NO5/c1-8-3-9(2)5-10(4-8)15(20)11-6-13-14(7-12(11)19(21)22)24-16(17,18)23-13/h3-7H,1-2H3. The molecule has 0 atom stereocenters. The summed E-state index contributed by atoms with van der Waals surface area (Å²) in [5.41, 5.74) is 0.854. The van der Waals surface area contributed by atoms with Crippen LogP contribution in [-0.4, -0.2) is 17.0 Å². The number of rotatable bonds is 3. The Kier molecular flexibility index (Phi) is 3.47. The number of carbonyl (C=O) groups excluding carboxylic acids is 1. The number of alkyl halides is 2. The van der Waals surface area contributed by atoms with Gasteiger partial charge in [-0.1, -0.05) is 17.2 Å². The smallest absolute Gasteiger partial charge is 0.395 e. The zero-order valence-electron chi connectivity index (χ0n) is 12.6. The molecule has 0 saturated heterocycles. The molecule has 2 aromatic rings. The van der Waals surface area contributed by atoms with Crippen molar-refractivity contribution in [2.75, 3.05) is 0 Å². The molecule has 0 radical (unpaired) electrons. The van der Waals surface area contributed by atoms with E-state index in [1.807, 2.05) is 6.07 Å². The van der Waals surface area contributed by atoms with Gasteiger partial charge in [-0.15, -0.1) is 8.78 Å². The Morgan fingerprint density at radius 2 is 1.58 bits per heavy atom. The number of ketones is 1. The molecular weight excluding hydrogens is 324 g/mol. The third-order valence-electron chi connectivity index (χ3n) is 3.44. The molecule has 0 aliphatic carbocycles. The van der Waals surface area contributed by atoms with E-state index in [2.05, 4.69) is 9.47 Å². The summed E-state index contributed by atoms with van der Waals surface area (Å²) in [6.45, 7) is 3.55. The molecule has 8 heteroatoms. The van der Waals surface area contributed by atoms with Crippen LogP contribution >= 0.6 is 0 Å². The first-order valence-corrected chi connectivity index (χ1v) is 6.87. The predicted molar refractivity (Wildman–Crippen MR) is 78.6 cm³/mol. The summed E-state index contributed by atoms with van der Waals surface area (Å²) >= 11 is 0. The number of nitro benzene ring substituents is 1. The van der Waals surface area contributed by atoms with Crippen LogP contribution in [0.4, 0.5) is 14.5 Å². The monoisotopic (exact) mass is 335 g/mol. The SMILES string of the molecule is Cc1cc(C)cc(C(=O)c2cc3c(cc2[N+](=O)[O-])OC(F)(F)O3)c1. The van der Waals surface area contributed by atoms with E-state index in [1.165, 1.54) is 0 Å². The van der Waals surface area contributed by atoms with Gasteiger partial charge in [-0.2, -0.15) is 0 Å². The third kappa shape index (κ3) is 2.78. The zero-order valence-corrected chi connectivity index (χ0v) is 12.6. The highest BCUT2D eigenvalue weighted by Gasteiger charge is 2.45. The molecule has 0 N–H and O–H groups in total. The van der Waals surface area contributed by atoms with Crippen molar-refractivity contribution in [3.63, 3.8) is 0 Å². The lowest BCUT2D eigenvalue weighted by Gasteiger charge is -2.06. The van der Waals surface area contributed by atoms with Crippen molar-refractivity contribution in [2.45, 2.75) is 20.1 Å². The Bertz CT molecular complexity index is 859. The van der Waals surface area contributed by atoms with E-state index in [9.17, 15) is 23.7 Å². The lowest BCUT2D eigenvalue weighted by molar-refractivity contribution is -0.385. The number of fused-ring (bicyclic) bond motifs is 1. The number of benzene rings is 2. The van der Waals surface area contributed by atoms with Gasteiger partial charge in [0, 0.05) is 11.6 Å². The van der Waals surface area contributed by atoms with Crippen molar-refractivity contribution >= 4 is 11.5 Å². The van der Waals surface area contributed by atoms with Crippen LogP contribution in [0, 0.1) is 24.0 Å². The molecule has 2 aromatic carbocycles. The first-order chi connectivity index (χ1) is 11.2. The van der Waals surface area contributed by atoms with Gasteiger partial charge in [0.05, 0.1) is 11.0 Å². The highest BCUT2D eigenvalue weighted by Crippen LogP contribution is 2.44. The van der Waals surface area contributed by atoms with Gasteiger partial charge < -0.3 is 9.47 Å². The van der Waals surface area contributed by atoms with Crippen molar-refractivity contribution in [3.8, 4) is 11.5 Å². The van der Waals surface area contributed by atoms with Gasteiger partial charge in [0.2, 0.25) is 0 Å². The Balaban J connectivity index is 2.13. The van der Waals surface area contributed by atoms with Crippen molar-refractivity contribution in [1.29, 1.82) is 0 Å². The van der Waals surface area contributed by atoms with Gasteiger partial charge in [0.1, 0.15) is 5.56 Å². The highest BCUT2D eigenvalue weighted by molar-refractivity contribution is 6.12. The molecule has 1 aliphatic heterocycles. The number of hydrogen-bond donors (Lipinski definition) is 0. The van der Waals surface area contributed by atoms with Crippen LogP contribution in [-0.2, 0) is 0 Å². The third-order valence-corrected chi connectivity index (χ3v) is 3.44. The van der Waals surface area contributed by atoms with E-state index in [4.69, 9.17) is 0 Å². The normalized spacial score (nSPS) is 14.5. The van der Waals surface area contributed by atoms with Crippen molar-refractivity contribution in [3.05, 3.63) is 62.7 Å². The molecule has 0 aromatic heterocycles. The van der Waals surface area contributed by atoms with E-state index in [0.29, 0.717) is 0 Å². The molecule has 124 valence electrons. The summed E-state index contributed by atoms with van der Waals surface area (Å²) < 4.78 is 34.7. The van der Waals surface area contributed by atoms with Crippen LogP contribution in [0.25, 0.3) is 0 Å². The van der Waals surface area contributed by atoms with Gasteiger partial charge in [-0.25, -0.2) is 0 Å². The summed E-state index contributed by atoms with van der Waals surface area (Å²) in [5.74, 6) is -1.56. The van der Waals surface area contributed by atoms with Crippen LogP contribution in [0.1, 0.15) is 27.0 Å². The van der Waals surface area contributed by atoms with E-state index < -0.39 is 34.2 Å². The molecule has 1 aliphatic rings. The summed E-state index contributed by atoms with van der Waals surface area (Å²) in [6.07, 6.45) is -3.92. The molecule has 1 heterocycles. The van der Waals surface area contributed by atoms with Crippen LogP contribution in [0.3, 0.4) is 0 Å². The maximum absolute atomic E-state index is 13.1. The van der Waals surface area contributed by atoms with Gasteiger partial charge in [0.15, 0.2) is 17.3 Å². The van der Waals surface area contributed by atoms with Gasteiger partial charge in [0.25, 0.3) is 5.69 Å². The largest absolute Gasteiger partial charge is 0.586 e. The maximum atomic E-state index is 13.1. The van der Waals surface area contributed by atoms with Gasteiger partial charge in [-0.3, -0.25) is 14.9 Å². The number of aryl methyl sites for hydroxylation is 2. The fourth-order valence-corrected chi connectivity index (χ4v) is 2.58. The minimum atomic E-state index is -3.92. The molecular formula is C16H11F2NO5. The minimum absolute atomic E-state index is 0.223. The van der Waals surface area contributed by atoms with Crippen LogP contribution in [0.2, 0.25) is 0 Å². The second-order valence-corrected chi connectivity index (χ2v) is 5.45. The maximum Gasteiger partial charge on any atom is 0.586 e. The topological polar surface area (TPSA) is 78.7 Å². The number of nitrogens with zero attached hydrogens (tertiary/aromatic N) is 1. The molecule has 24 heavy (non-hydrogen) atoms. The molecule has 3 rings (SSSR count).